The first-order chi connectivity index (χ1) is 7.84. The Balaban J connectivity index is 1.86. The minimum Gasteiger partial charge on any atom is -0.506 e. The van der Waals surface area contributed by atoms with Gasteiger partial charge in [0.1, 0.15) is 5.75 Å². The molecule has 1 N–H and O–H groups in total. The van der Waals surface area contributed by atoms with Crippen LogP contribution in [0.1, 0.15) is 31.2 Å². The van der Waals surface area contributed by atoms with Crippen molar-refractivity contribution in [2.75, 3.05) is 18.0 Å². The first-order valence-electron chi connectivity index (χ1n) is 6.40. The molecule has 1 aromatic carbocycles. The summed E-state index contributed by atoms with van der Waals surface area (Å²) in [6, 6.07) is 5.93. The topological polar surface area (TPSA) is 23.5 Å². The normalized spacial score (nSPS) is 20.4. The zero-order valence-corrected chi connectivity index (χ0v) is 9.65. The Morgan fingerprint density at radius 2 is 2.12 bits per heavy atom. The van der Waals surface area contributed by atoms with Gasteiger partial charge in [0.15, 0.2) is 0 Å². The predicted molar refractivity (Wildman–Crippen MR) is 66.0 cm³/mol. The molecule has 0 spiro atoms. The number of fused-ring (bicyclic) bond motifs is 1. The van der Waals surface area contributed by atoms with Gasteiger partial charge in [-0.3, -0.25) is 0 Å². The Morgan fingerprint density at radius 3 is 2.88 bits per heavy atom. The summed E-state index contributed by atoms with van der Waals surface area (Å²) in [7, 11) is 0. The quantitative estimate of drug-likeness (QED) is 0.823. The van der Waals surface area contributed by atoms with Crippen molar-refractivity contribution >= 4 is 5.69 Å². The average molecular weight is 217 g/mol. The molecule has 1 aliphatic carbocycles. The highest BCUT2D eigenvalue weighted by Crippen LogP contribution is 2.37. The molecule has 0 radical (unpaired) electrons. The molecule has 0 bridgehead atoms. The maximum atomic E-state index is 9.99. The van der Waals surface area contributed by atoms with E-state index in [-0.39, 0.29) is 0 Å². The largest absolute Gasteiger partial charge is 0.506 e. The fraction of sp³-hybridized carbons (Fsp3) is 0.571. The van der Waals surface area contributed by atoms with Gasteiger partial charge in [-0.05, 0) is 43.2 Å². The van der Waals surface area contributed by atoms with Crippen LogP contribution in [0.25, 0.3) is 0 Å². The first kappa shape index (κ1) is 10.0. The third-order valence-electron chi connectivity index (χ3n) is 3.99. The van der Waals surface area contributed by atoms with Crippen LogP contribution < -0.4 is 4.90 Å². The van der Waals surface area contributed by atoms with Crippen LogP contribution in [0.2, 0.25) is 0 Å². The Morgan fingerprint density at radius 1 is 1.25 bits per heavy atom. The molecule has 1 saturated carbocycles. The van der Waals surface area contributed by atoms with Gasteiger partial charge in [0, 0.05) is 13.1 Å². The highest BCUT2D eigenvalue weighted by atomic mass is 16.3. The van der Waals surface area contributed by atoms with E-state index in [1.807, 2.05) is 12.1 Å². The lowest BCUT2D eigenvalue weighted by Gasteiger charge is -2.37. The lowest BCUT2D eigenvalue weighted by atomic mass is 9.84. The molecule has 2 heteroatoms. The van der Waals surface area contributed by atoms with Crippen molar-refractivity contribution in [1.82, 2.24) is 0 Å². The monoisotopic (exact) mass is 217 g/mol. The number of benzene rings is 1. The second kappa shape index (κ2) is 4.00. The first-order valence-corrected chi connectivity index (χ1v) is 6.40. The van der Waals surface area contributed by atoms with Gasteiger partial charge < -0.3 is 10.0 Å². The number of aryl methyl sites for hydroxylation is 1. The van der Waals surface area contributed by atoms with E-state index >= 15 is 0 Å². The summed E-state index contributed by atoms with van der Waals surface area (Å²) in [6.45, 7) is 2.26. The van der Waals surface area contributed by atoms with E-state index in [1.165, 1.54) is 31.2 Å². The van der Waals surface area contributed by atoms with Gasteiger partial charge in [-0.2, -0.15) is 0 Å². The summed E-state index contributed by atoms with van der Waals surface area (Å²) in [5, 5.41) is 9.99. The van der Waals surface area contributed by atoms with E-state index in [4.69, 9.17) is 0 Å². The van der Waals surface area contributed by atoms with Gasteiger partial charge in [-0.15, -0.1) is 0 Å². The Bertz CT molecular complexity index is 384. The number of nitrogens with zero attached hydrogens (tertiary/aromatic N) is 1. The van der Waals surface area contributed by atoms with Gasteiger partial charge in [0.05, 0.1) is 5.69 Å². The molecule has 0 amide bonds. The highest BCUT2D eigenvalue weighted by molar-refractivity contribution is 5.64. The number of anilines is 1. The summed E-state index contributed by atoms with van der Waals surface area (Å²) >= 11 is 0. The second-order valence-electron chi connectivity index (χ2n) is 5.13. The van der Waals surface area contributed by atoms with Crippen LogP contribution in [-0.2, 0) is 6.42 Å². The molecule has 0 atom stereocenters. The zero-order valence-electron chi connectivity index (χ0n) is 9.65. The predicted octanol–water partition coefficient (Wildman–Crippen LogP) is 2.94. The summed E-state index contributed by atoms with van der Waals surface area (Å²) in [4.78, 5) is 2.40. The van der Waals surface area contributed by atoms with Crippen LogP contribution >= 0.6 is 0 Å². The molecule has 0 unspecified atom stereocenters. The Hall–Kier alpha value is -1.18. The maximum absolute atomic E-state index is 9.99. The molecule has 3 rings (SSSR count). The summed E-state index contributed by atoms with van der Waals surface area (Å²) in [6.07, 6.45) is 6.49. The van der Waals surface area contributed by atoms with Crippen molar-refractivity contribution in [3.8, 4) is 5.75 Å². The maximum Gasteiger partial charge on any atom is 0.139 e. The molecule has 1 fully saturated rings. The van der Waals surface area contributed by atoms with Crippen LogP contribution in [0.4, 0.5) is 5.69 Å². The third kappa shape index (κ3) is 1.66. The molecule has 0 saturated heterocycles. The molecule has 2 nitrogen and oxygen atoms in total. The van der Waals surface area contributed by atoms with Crippen molar-refractivity contribution in [2.24, 2.45) is 5.92 Å². The minimum absolute atomic E-state index is 0.469. The van der Waals surface area contributed by atoms with Crippen molar-refractivity contribution in [3.63, 3.8) is 0 Å². The number of hydrogen-bond donors (Lipinski definition) is 1. The molecular formula is C14H19NO. The standard InChI is InChI=1S/C14H19NO/c16-13-8-2-6-12-7-3-9-15(14(12)13)10-11-4-1-5-11/h2,6,8,11,16H,1,3-5,7,9-10H2. The Kier molecular flexibility index (Phi) is 2.50. The van der Waals surface area contributed by atoms with Gasteiger partial charge in [0.25, 0.3) is 0 Å². The lowest BCUT2D eigenvalue weighted by molar-refractivity contribution is 0.315. The minimum atomic E-state index is 0.469. The van der Waals surface area contributed by atoms with E-state index in [0.29, 0.717) is 5.75 Å². The average Bonchev–Trinajstić information content (AvgIpc) is 2.24. The highest BCUT2D eigenvalue weighted by Gasteiger charge is 2.25. The third-order valence-corrected chi connectivity index (χ3v) is 3.99. The van der Waals surface area contributed by atoms with Crippen LogP contribution in [-0.4, -0.2) is 18.2 Å². The number of para-hydroxylation sites is 1. The van der Waals surface area contributed by atoms with Gasteiger partial charge in [-0.25, -0.2) is 0 Å². The van der Waals surface area contributed by atoms with Crippen LogP contribution in [0.5, 0.6) is 5.75 Å². The molecule has 1 heterocycles. The van der Waals surface area contributed by atoms with Crippen LogP contribution in [0.3, 0.4) is 0 Å². The molecule has 0 aromatic heterocycles. The van der Waals surface area contributed by atoms with E-state index in [1.54, 1.807) is 0 Å². The smallest absolute Gasteiger partial charge is 0.139 e. The molecule has 1 aliphatic heterocycles. The van der Waals surface area contributed by atoms with E-state index < -0.39 is 0 Å². The van der Waals surface area contributed by atoms with E-state index in [0.717, 1.165) is 31.1 Å². The van der Waals surface area contributed by atoms with Crippen molar-refractivity contribution in [1.29, 1.82) is 0 Å². The summed E-state index contributed by atoms with van der Waals surface area (Å²) < 4.78 is 0. The fourth-order valence-corrected chi connectivity index (χ4v) is 2.89. The molecular weight excluding hydrogens is 198 g/mol. The van der Waals surface area contributed by atoms with Gasteiger partial charge >= 0.3 is 0 Å². The number of aromatic hydroxyl groups is 1. The van der Waals surface area contributed by atoms with E-state index in [9.17, 15) is 5.11 Å². The molecule has 1 aromatic rings. The SMILES string of the molecule is Oc1cccc2c1N(CC1CCC1)CCC2. The molecule has 16 heavy (non-hydrogen) atoms. The number of phenolic OH excluding ortho intramolecular Hbond substituents is 1. The zero-order chi connectivity index (χ0) is 11.0. The van der Waals surface area contributed by atoms with Crippen molar-refractivity contribution in [2.45, 2.75) is 32.1 Å². The number of rotatable bonds is 2. The van der Waals surface area contributed by atoms with Crippen molar-refractivity contribution in [3.05, 3.63) is 23.8 Å². The lowest BCUT2D eigenvalue weighted by Crippen LogP contribution is -2.36. The van der Waals surface area contributed by atoms with Crippen molar-refractivity contribution < 1.29 is 5.11 Å². The summed E-state index contributed by atoms with van der Waals surface area (Å²) in [5.74, 6) is 1.34. The van der Waals surface area contributed by atoms with Crippen LogP contribution in [0, 0.1) is 5.92 Å². The summed E-state index contributed by atoms with van der Waals surface area (Å²) in [5.41, 5.74) is 2.44. The van der Waals surface area contributed by atoms with Gasteiger partial charge in [-0.1, -0.05) is 18.6 Å². The molecule has 2 aliphatic rings. The Labute approximate surface area is 96.9 Å². The van der Waals surface area contributed by atoms with Crippen LogP contribution in [0.15, 0.2) is 18.2 Å². The van der Waals surface area contributed by atoms with Gasteiger partial charge in [0.2, 0.25) is 0 Å². The second-order valence-corrected chi connectivity index (χ2v) is 5.13. The number of hydrogen-bond acceptors (Lipinski definition) is 2. The van der Waals surface area contributed by atoms with E-state index in [2.05, 4.69) is 11.0 Å². The molecule has 86 valence electrons. The number of phenols is 1. The fourth-order valence-electron chi connectivity index (χ4n) is 2.89.